The molecule has 0 atom stereocenters. The highest BCUT2D eigenvalue weighted by Crippen LogP contribution is 2.25. The molecule has 0 saturated carbocycles. The quantitative estimate of drug-likeness (QED) is 0.721. The fraction of sp³-hybridized carbons (Fsp3) is 0.235. The predicted octanol–water partition coefficient (Wildman–Crippen LogP) is 2.39. The van der Waals surface area contributed by atoms with Gasteiger partial charge in [-0.25, -0.2) is 14.6 Å². The minimum absolute atomic E-state index is 0.107. The summed E-state index contributed by atoms with van der Waals surface area (Å²) in [6.07, 6.45) is 3.36. The van der Waals surface area contributed by atoms with Crippen LogP contribution >= 0.6 is 11.6 Å². The summed E-state index contributed by atoms with van der Waals surface area (Å²) in [5.74, 6) is 0.337. The van der Waals surface area contributed by atoms with Crippen LogP contribution < -0.4 is 0 Å². The molecule has 0 spiro atoms. The van der Waals surface area contributed by atoms with Gasteiger partial charge in [0.2, 0.25) is 0 Å². The van der Waals surface area contributed by atoms with Crippen molar-refractivity contribution in [2.45, 2.75) is 13.0 Å². The number of hydrogen-bond acceptors (Lipinski definition) is 5. The highest BCUT2D eigenvalue weighted by atomic mass is 35.5. The molecule has 1 aromatic carbocycles. The number of carbonyl (C=O) groups excluding carboxylic acids is 1. The molecule has 0 aliphatic carbocycles. The smallest absolute Gasteiger partial charge is 0.274 e. The molecule has 25 heavy (non-hydrogen) atoms. The van der Waals surface area contributed by atoms with Gasteiger partial charge in [-0.05, 0) is 6.92 Å². The zero-order chi connectivity index (χ0) is 17.4. The molecule has 126 valence electrons. The van der Waals surface area contributed by atoms with E-state index in [1.54, 1.807) is 16.5 Å². The van der Waals surface area contributed by atoms with E-state index in [4.69, 9.17) is 11.6 Å². The van der Waals surface area contributed by atoms with Crippen LogP contribution in [0.4, 0.5) is 0 Å². The largest absolute Gasteiger partial charge is 0.333 e. The third-order valence-corrected chi connectivity index (χ3v) is 4.45. The Kier molecular flexibility index (Phi) is 3.93. The van der Waals surface area contributed by atoms with Crippen molar-refractivity contribution >= 4 is 17.5 Å². The zero-order valence-electron chi connectivity index (χ0n) is 13.5. The molecule has 0 N–H and O–H groups in total. The Morgan fingerprint density at radius 1 is 1.24 bits per heavy atom. The molecule has 3 heterocycles. The minimum atomic E-state index is -0.185. The second-order valence-electron chi connectivity index (χ2n) is 5.93. The maximum Gasteiger partial charge on any atom is 0.274 e. The average Bonchev–Trinajstić information content (AvgIpc) is 3.06. The summed E-state index contributed by atoms with van der Waals surface area (Å²) in [7, 11) is 0. The lowest BCUT2D eigenvalue weighted by molar-refractivity contribution is 0.0492. The molecule has 7 nitrogen and oxygen atoms in total. The molecule has 0 radical (unpaired) electrons. The first-order valence-corrected chi connectivity index (χ1v) is 8.25. The van der Waals surface area contributed by atoms with Gasteiger partial charge in [-0.3, -0.25) is 4.79 Å². The Bertz CT molecular complexity index is 920. The maximum atomic E-state index is 12.5. The van der Waals surface area contributed by atoms with Crippen LogP contribution in [0.2, 0.25) is 5.02 Å². The molecule has 8 heteroatoms. The monoisotopic (exact) mass is 354 g/mol. The van der Waals surface area contributed by atoms with Crippen molar-refractivity contribution in [3.63, 3.8) is 0 Å². The zero-order valence-corrected chi connectivity index (χ0v) is 14.3. The average molecular weight is 355 g/mol. The minimum Gasteiger partial charge on any atom is -0.333 e. The van der Waals surface area contributed by atoms with Crippen molar-refractivity contribution in [2.75, 3.05) is 13.1 Å². The van der Waals surface area contributed by atoms with E-state index in [2.05, 4.69) is 20.3 Å². The molecule has 0 bridgehead atoms. The number of rotatable bonds is 3. The van der Waals surface area contributed by atoms with Crippen LogP contribution in [0, 0.1) is 6.92 Å². The van der Waals surface area contributed by atoms with Gasteiger partial charge in [0.05, 0.1) is 23.5 Å². The molecular formula is C17H15ClN6O. The number of nitrogens with zero attached hydrogens (tertiary/aromatic N) is 6. The third-order valence-electron chi connectivity index (χ3n) is 4.17. The van der Waals surface area contributed by atoms with Crippen LogP contribution in [0.1, 0.15) is 22.4 Å². The molecule has 4 rings (SSSR count). The number of benzene rings is 1. The molecule has 1 aliphatic heterocycles. The summed E-state index contributed by atoms with van der Waals surface area (Å²) in [6, 6.07) is 9.98. The van der Waals surface area contributed by atoms with Gasteiger partial charge in [0.1, 0.15) is 11.5 Å². The Hall–Kier alpha value is -2.80. The predicted molar refractivity (Wildman–Crippen MR) is 92.2 cm³/mol. The number of amides is 1. The van der Waals surface area contributed by atoms with Gasteiger partial charge < -0.3 is 4.90 Å². The number of halogens is 1. The van der Waals surface area contributed by atoms with E-state index in [1.807, 2.05) is 36.5 Å². The van der Waals surface area contributed by atoms with E-state index in [1.165, 1.54) is 6.20 Å². The van der Waals surface area contributed by atoms with Gasteiger partial charge in [-0.15, -0.1) is 5.10 Å². The number of aromatic nitrogens is 5. The lowest BCUT2D eigenvalue weighted by Gasteiger charge is -2.38. The van der Waals surface area contributed by atoms with E-state index in [0.717, 1.165) is 11.3 Å². The van der Waals surface area contributed by atoms with Crippen LogP contribution in [0.15, 0.2) is 42.7 Å². The molecule has 1 fully saturated rings. The first-order chi connectivity index (χ1) is 12.1. The summed E-state index contributed by atoms with van der Waals surface area (Å²) in [5, 5.41) is 8.67. The lowest BCUT2D eigenvalue weighted by atomic mass is 10.1. The summed E-state index contributed by atoms with van der Waals surface area (Å²) >= 11 is 6.04. The second-order valence-corrected chi connectivity index (χ2v) is 6.33. The van der Waals surface area contributed by atoms with Crippen molar-refractivity contribution in [1.29, 1.82) is 0 Å². The van der Waals surface area contributed by atoms with E-state index < -0.39 is 0 Å². The Balaban J connectivity index is 1.45. The van der Waals surface area contributed by atoms with E-state index in [9.17, 15) is 4.79 Å². The van der Waals surface area contributed by atoms with Crippen molar-refractivity contribution in [1.82, 2.24) is 29.9 Å². The first-order valence-electron chi connectivity index (χ1n) is 7.87. The molecule has 0 unspecified atom stereocenters. The number of likely N-dealkylation sites (tertiary alicyclic amines) is 1. The first kappa shape index (κ1) is 15.7. The highest BCUT2D eigenvalue weighted by molar-refractivity contribution is 6.33. The highest BCUT2D eigenvalue weighted by Gasteiger charge is 2.34. The summed E-state index contributed by atoms with van der Waals surface area (Å²) in [5.41, 5.74) is 2.08. The van der Waals surface area contributed by atoms with Crippen molar-refractivity contribution < 1.29 is 4.79 Å². The van der Waals surface area contributed by atoms with Gasteiger partial charge in [0.25, 0.3) is 5.91 Å². The molecule has 2 aromatic heterocycles. The van der Waals surface area contributed by atoms with Gasteiger partial charge >= 0.3 is 0 Å². The Labute approximate surface area is 149 Å². The van der Waals surface area contributed by atoms with Crippen LogP contribution in [-0.4, -0.2) is 48.9 Å². The standard InChI is InChI=1S/C17H15ClN6O/c1-11-19-7-14(18)16(20-11)17(25)23-8-13(9-23)24-10-15(21-22-24)12-5-3-2-4-6-12/h2-7,10,13H,8-9H2,1H3. The normalized spacial score (nSPS) is 14.4. The van der Waals surface area contributed by atoms with E-state index in [0.29, 0.717) is 18.9 Å². The SMILES string of the molecule is Cc1ncc(Cl)c(C(=O)N2CC(n3cc(-c4ccccc4)nn3)C2)n1. The summed E-state index contributed by atoms with van der Waals surface area (Å²) in [4.78, 5) is 22.3. The molecule has 1 aliphatic rings. The van der Waals surface area contributed by atoms with Crippen molar-refractivity contribution in [3.05, 3.63) is 59.3 Å². The Morgan fingerprint density at radius 2 is 2.00 bits per heavy atom. The molecule has 3 aromatic rings. The van der Waals surface area contributed by atoms with E-state index in [-0.39, 0.29) is 22.7 Å². The second kappa shape index (κ2) is 6.25. The topological polar surface area (TPSA) is 76.8 Å². The third kappa shape index (κ3) is 2.98. The maximum absolute atomic E-state index is 12.5. The fourth-order valence-corrected chi connectivity index (χ4v) is 2.91. The van der Waals surface area contributed by atoms with Crippen LogP contribution in [-0.2, 0) is 0 Å². The van der Waals surface area contributed by atoms with Gasteiger partial charge in [0, 0.05) is 18.7 Å². The number of hydrogen-bond donors (Lipinski definition) is 0. The number of carbonyl (C=O) groups is 1. The lowest BCUT2D eigenvalue weighted by Crippen LogP contribution is -2.51. The van der Waals surface area contributed by atoms with Crippen LogP contribution in [0.5, 0.6) is 0 Å². The van der Waals surface area contributed by atoms with Gasteiger partial charge in [-0.2, -0.15) is 0 Å². The Morgan fingerprint density at radius 3 is 2.76 bits per heavy atom. The van der Waals surface area contributed by atoms with Crippen molar-refractivity contribution in [2.24, 2.45) is 0 Å². The molecule has 1 saturated heterocycles. The van der Waals surface area contributed by atoms with Gasteiger partial charge in [0.15, 0.2) is 5.69 Å². The summed E-state index contributed by atoms with van der Waals surface area (Å²) < 4.78 is 1.80. The number of aryl methyl sites for hydroxylation is 1. The molecule has 1 amide bonds. The van der Waals surface area contributed by atoms with Crippen LogP contribution in [0.3, 0.4) is 0 Å². The fourth-order valence-electron chi connectivity index (χ4n) is 2.74. The molecular weight excluding hydrogens is 340 g/mol. The van der Waals surface area contributed by atoms with Gasteiger partial charge in [-0.1, -0.05) is 47.1 Å². The van der Waals surface area contributed by atoms with Crippen LogP contribution in [0.25, 0.3) is 11.3 Å². The summed E-state index contributed by atoms with van der Waals surface area (Å²) in [6.45, 7) is 2.83. The van der Waals surface area contributed by atoms with Crippen molar-refractivity contribution in [3.8, 4) is 11.3 Å². The van der Waals surface area contributed by atoms with E-state index >= 15 is 0 Å².